The van der Waals surface area contributed by atoms with Crippen LogP contribution < -0.4 is 0 Å². The van der Waals surface area contributed by atoms with Gasteiger partial charge < -0.3 is 5.11 Å². The van der Waals surface area contributed by atoms with E-state index in [0.29, 0.717) is 27.2 Å². The first kappa shape index (κ1) is 14.5. The summed E-state index contributed by atoms with van der Waals surface area (Å²) in [6.45, 7) is 3.73. The lowest BCUT2D eigenvalue weighted by Gasteiger charge is -2.13. The fraction of sp³-hybridized carbons (Fsp3) is 0.111. The summed E-state index contributed by atoms with van der Waals surface area (Å²) in [6.07, 6.45) is 0. The van der Waals surface area contributed by atoms with E-state index in [4.69, 9.17) is 16.6 Å². The van der Waals surface area contributed by atoms with Gasteiger partial charge in [0.25, 0.3) is 0 Å². The molecule has 0 aliphatic rings. The highest BCUT2D eigenvalue weighted by molar-refractivity contribution is 6.30. The highest BCUT2D eigenvalue weighted by Gasteiger charge is 2.18. The van der Waals surface area contributed by atoms with E-state index in [-0.39, 0.29) is 0 Å². The van der Waals surface area contributed by atoms with Crippen molar-refractivity contribution in [1.82, 2.24) is 4.98 Å². The van der Waals surface area contributed by atoms with E-state index in [0.717, 1.165) is 16.6 Å². The van der Waals surface area contributed by atoms with Crippen molar-refractivity contribution < 1.29 is 9.90 Å². The maximum Gasteiger partial charge on any atom is 0.336 e. The number of hydrogen-bond acceptors (Lipinski definition) is 2. The van der Waals surface area contributed by atoms with Gasteiger partial charge in [0, 0.05) is 16.0 Å². The number of aryl methyl sites for hydroxylation is 1. The van der Waals surface area contributed by atoms with Crippen LogP contribution in [0.15, 0.2) is 42.5 Å². The Kier molecular flexibility index (Phi) is 3.59. The second-order valence-electron chi connectivity index (χ2n) is 5.24. The molecule has 0 amide bonds. The van der Waals surface area contributed by atoms with E-state index in [1.165, 1.54) is 0 Å². The second-order valence-corrected chi connectivity index (χ2v) is 5.68. The summed E-state index contributed by atoms with van der Waals surface area (Å²) in [4.78, 5) is 16.4. The van der Waals surface area contributed by atoms with Crippen LogP contribution in [0.25, 0.3) is 22.2 Å². The van der Waals surface area contributed by atoms with Gasteiger partial charge in [0.05, 0.1) is 16.8 Å². The van der Waals surface area contributed by atoms with Gasteiger partial charge in [-0.15, -0.1) is 0 Å². The molecule has 0 aliphatic heterocycles. The van der Waals surface area contributed by atoms with Gasteiger partial charge in [-0.2, -0.15) is 0 Å². The van der Waals surface area contributed by atoms with Gasteiger partial charge in [-0.1, -0.05) is 41.9 Å². The monoisotopic (exact) mass is 311 g/mol. The zero-order valence-corrected chi connectivity index (χ0v) is 13.0. The van der Waals surface area contributed by atoms with Crippen LogP contribution >= 0.6 is 11.6 Å². The molecule has 110 valence electrons. The number of para-hydroxylation sites is 1. The smallest absolute Gasteiger partial charge is 0.336 e. The molecular formula is C18H14ClNO2. The molecule has 2 aromatic carbocycles. The van der Waals surface area contributed by atoms with Crippen LogP contribution in [0.5, 0.6) is 0 Å². The van der Waals surface area contributed by atoms with Crippen molar-refractivity contribution in [3.63, 3.8) is 0 Å². The van der Waals surface area contributed by atoms with E-state index in [1.807, 2.05) is 31.2 Å². The van der Waals surface area contributed by atoms with E-state index in [1.54, 1.807) is 25.1 Å². The van der Waals surface area contributed by atoms with Crippen LogP contribution in [0.4, 0.5) is 0 Å². The average molecular weight is 312 g/mol. The molecule has 1 heterocycles. The summed E-state index contributed by atoms with van der Waals surface area (Å²) in [7, 11) is 0. The maximum atomic E-state index is 11.7. The highest BCUT2D eigenvalue weighted by Crippen LogP contribution is 2.31. The molecule has 1 aromatic heterocycles. The molecule has 0 spiro atoms. The lowest BCUT2D eigenvalue weighted by Crippen LogP contribution is -2.05. The molecule has 0 aliphatic carbocycles. The molecule has 3 rings (SSSR count). The van der Waals surface area contributed by atoms with Gasteiger partial charge in [0.1, 0.15) is 0 Å². The molecule has 0 radical (unpaired) electrons. The molecule has 4 heteroatoms. The molecule has 3 nitrogen and oxygen atoms in total. The maximum absolute atomic E-state index is 11.7. The van der Waals surface area contributed by atoms with Crippen molar-refractivity contribution >= 4 is 28.5 Å². The molecular weight excluding hydrogens is 298 g/mol. The number of fused-ring (bicyclic) bond motifs is 1. The van der Waals surface area contributed by atoms with Crippen molar-refractivity contribution in [2.24, 2.45) is 0 Å². The average Bonchev–Trinajstić information content (AvgIpc) is 2.47. The van der Waals surface area contributed by atoms with Gasteiger partial charge in [-0.05, 0) is 37.1 Å². The van der Waals surface area contributed by atoms with E-state index in [2.05, 4.69) is 0 Å². The third-order valence-corrected chi connectivity index (χ3v) is 4.04. The number of aromatic nitrogens is 1. The number of carboxylic acid groups (broad SMARTS) is 1. The fourth-order valence-electron chi connectivity index (χ4n) is 2.69. The number of aromatic carboxylic acids is 1. The largest absolute Gasteiger partial charge is 0.478 e. The summed E-state index contributed by atoms with van der Waals surface area (Å²) < 4.78 is 0. The zero-order chi connectivity index (χ0) is 15.9. The van der Waals surface area contributed by atoms with Crippen LogP contribution in [-0.2, 0) is 0 Å². The van der Waals surface area contributed by atoms with Crippen LogP contribution in [0.3, 0.4) is 0 Å². The van der Waals surface area contributed by atoms with Crippen LogP contribution in [0, 0.1) is 13.8 Å². The minimum atomic E-state index is -0.939. The number of pyridine rings is 1. The Morgan fingerprint density at radius 1 is 1.09 bits per heavy atom. The Labute approximate surface area is 133 Å². The van der Waals surface area contributed by atoms with Gasteiger partial charge in [-0.3, -0.25) is 0 Å². The molecule has 0 saturated heterocycles. The quantitative estimate of drug-likeness (QED) is 0.734. The van der Waals surface area contributed by atoms with E-state index >= 15 is 0 Å². The Hall–Kier alpha value is -2.39. The normalized spacial score (nSPS) is 10.9. The number of carboxylic acids is 1. The zero-order valence-electron chi connectivity index (χ0n) is 12.2. The number of nitrogens with zero attached hydrogens (tertiary/aromatic N) is 1. The van der Waals surface area contributed by atoms with Crippen molar-refractivity contribution in [3.8, 4) is 11.3 Å². The standard InChI is InChI=1S/C18H14ClNO2/c1-10-4-3-5-14-15(18(21)22)11(2)17(20-16(10)14)12-6-8-13(19)9-7-12/h3-9H,1-2H3,(H,21,22). The minimum absolute atomic E-state index is 0.304. The summed E-state index contributed by atoms with van der Waals surface area (Å²) in [5.41, 5.74) is 4.17. The summed E-state index contributed by atoms with van der Waals surface area (Å²) >= 11 is 5.93. The van der Waals surface area contributed by atoms with Gasteiger partial charge in [0.2, 0.25) is 0 Å². The van der Waals surface area contributed by atoms with Crippen molar-refractivity contribution in [2.45, 2.75) is 13.8 Å². The summed E-state index contributed by atoms with van der Waals surface area (Å²) in [6, 6.07) is 12.9. The topological polar surface area (TPSA) is 50.2 Å². The predicted octanol–water partition coefficient (Wildman–Crippen LogP) is 4.87. The van der Waals surface area contributed by atoms with Crippen LogP contribution in [0.1, 0.15) is 21.5 Å². The minimum Gasteiger partial charge on any atom is -0.478 e. The fourth-order valence-corrected chi connectivity index (χ4v) is 2.82. The van der Waals surface area contributed by atoms with Gasteiger partial charge in [-0.25, -0.2) is 9.78 Å². The second kappa shape index (κ2) is 5.43. The lowest BCUT2D eigenvalue weighted by atomic mass is 9.96. The van der Waals surface area contributed by atoms with Crippen LogP contribution in [0.2, 0.25) is 5.02 Å². The number of hydrogen-bond donors (Lipinski definition) is 1. The first-order valence-corrected chi connectivity index (χ1v) is 7.26. The molecule has 1 N–H and O–H groups in total. The predicted molar refractivity (Wildman–Crippen MR) is 88.6 cm³/mol. The van der Waals surface area contributed by atoms with Crippen molar-refractivity contribution in [1.29, 1.82) is 0 Å². The third-order valence-electron chi connectivity index (χ3n) is 3.79. The third kappa shape index (κ3) is 2.34. The van der Waals surface area contributed by atoms with Gasteiger partial charge in [0.15, 0.2) is 0 Å². The first-order chi connectivity index (χ1) is 10.5. The first-order valence-electron chi connectivity index (χ1n) is 6.88. The molecule has 3 aromatic rings. The Morgan fingerprint density at radius 3 is 2.41 bits per heavy atom. The molecule has 0 atom stereocenters. The molecule has 22 heavy (non-hydrogen) atoms. The Balaban J connectivity index is 2.41. The SMILES string of the molecule is Cc1c(-c2ccc(Cl)cc2)nc2c(C)cccc2c1C(=O)O. The Morgan fingerprint density at radius 2 is 1.77 bits per heavy atom. The number of rotatable bonds is 2. The number of carbonyl (C=O) groups is 1. The highest BCUT2D eigenvalue weighted by atomic mass is 35.5. The number of benzene rings is 2. The van der Waals surface area contributed by atoms with Crippen LogP contribution in [-0.4, -0.2) is 16.1 Å². The van der Waals surface area contributed by atoms with Crippen molar-refractivity contribution in [3.05, 3.63) is 64.2 Å². The summed E-state index contributed by atoms with van der Waals surface area (Å²) in [5.74, 6) is -0.939. The van der Waals surface area contributed by atoms with Crippen molar-refractivity contribution in [2.75, 3.05) is 0 Å². The number of halogens is 1. The lowest BCUT2D eigenvalue weighted by molar-refractivity contribution is 0.0698. The molecule has 0 unspecified atom stereocenters. The summed E-state index contributed by atoms with van der Waals surface area (Å²) in [5, 5.41) is 10.9. The van der Waals surface area contributed by atoms with E-state index < -0.39 is 5.97 Å². The molecule has 0 fully saturated rings. The molecule has 0 saturated carbocycles. The van der Waals surface area contributed by atoms with Gasteiger partial charge >= 0.3 is 5.97 Å². The molecule has 0 bridgehead atoms. The Bertz CT molecular complexity index is 886. The van der Waals surface area contributed by atoms with E-state index in [9.17, 15) is 9.90 Å².